The van der Waals surface area contributed by atoms with Crippen LogP contribution in [0.2, 0.25) is 0 Å². The number of nitrogens with zero attached hydrogens (tertiary/aromatic N) is 2. The highest BCUT2D eigenvalue weighted by atomic mass is 19.1. The molecule has 0 saturated carbocycles. The monoisotopic (exact) mass is 454 g/mol. The number of rotatable bonds is 6. The van der Waals surface area contributed by atoms with E-state index in [0.717, 1.165) is 18.4 Å². The Morgan fingerprint density at radius 1 is 1.15 bits per heavy atom. The zero-order valence-electron chi connectivity index (χ0n) is 18.8. The van der Waals surface area contributed by atoms with Crippen LogP contribution in [0.3, 0.4) is 0 Å². The van der Waals surface area contributed by atoms with Crippen LogP contribution in [0.5, 0.6) is 11.5 Å². The number of hydrogen-bond donors (Lipinski definition) is 0. The Hall–Kier alpha value is -3.42. The summed E-state index contributed by atoms with van der Waals surface area (Å²) < 4.78 is 24.8. The van der Waals surface area contributed by atoms with Crippen molar-refractivity contribution in [2.24, 2.45) is 5.92 Å². The average molecular weight is 454 g/mol. The number of likely N-dealkylation sites (tertiary alicyclic amines) is 1. The van der Waals surface area contributed by atoms with E-state index in [4.69, 9.17) is 9.47 Å². The van der Waals surface area contributed by atoms with Crippen LogP contribution in [0.15, 0.2) is 36.4 Å². The molecule has 7 nitrogen and oxygen atoms in total. The first kappa shape index (κ1) is 22.8. The second kappa shape index (κ2) is 9.60. The van der Waals surface area contributed by atoms with Crippen molar-refractivity contribution in [2.75, 3.05) is 37.7 Å². The van der Waals surface area contributed by atoms with Crippen molar-refractivity contribution in [3.05, 3.63) is 53.3 Å². The maximum absolute atomic E-state index is 13.9. The van der Waals surface area contributed by atoms with Crippen molar-refractivity contribution in [3.63, 3.8) is 0 Å². The third kappa shape index (κ3) is 5.16. The minimum atomic E-state index is -0.547. The zero-order valence-corrected chi connectivity index (χ0v) is 18.8. The summed E-state index contributed by atoms with van der Waals surface area (Å²) in [6.45, 7) is 4.69. The lowest BCUT2D eigenvalue weighted by Gasteiger charge is -2.34. The molecular weight excluding hydrogens is 427 g/mol. The Bertz CT molecular complexity index is 1080. The zero-order chi connectivity index (χ0) is 23.5. The molecule has 0 spiro atoms. The van der Waals surface area contributed by atoms with Gasteiger partial charge < -0.3 is 14.4 Å². The Morgan fingerprint density at radius 2 is 1.91 bits per heavy atom. The Balaban J connectivity index is 1.48. The minimum Gasteiger partial charge on any atom is -0.482 e. The summed E-state index contributed by atoms with van der Waals surface area (Å²) in [7, 11) is 0. The first-order chi connectivity index (χ1) is 15.8. The molecule has 33 heavy (non-hydrogen) atoms. The van der Waals surface area contributed by atoms with Crippen molar-refractivity contribution in [2.45, 2.75) is 26.7 Å². The van der Waals surface area contributed by atoms with Crippen LogP contribution in [0.25, 0.3) is 0 Å². The molecule has 174 valence electrons. The molecule has 8 heteroatoms. The van der Waals surface area contributed by atoms with E-state index in [9.17, 15) is 18.8 Å². The molecule has 4 rings (SSSR count). The Labute approximate surface area is 192 Å². The molecule has 0 aliphatic carbocycles. The number of halogens is 1. The molecule has 0 atom stereocenters. The summed E-state index contributed by atoms with van der Waals surface area (Å²) in [5.41, 5.74) is 1.47. The number of benzene rings is 2. The molecule has 1 saturated heterocycles. The molecule has 0 radical (unpaired) electrons. The van der Waals surface area contributed by atoms with Crippen LogP contribution in [-0.2, 0) is 9.59 Å². The molecule has 2 amide bonds. The SMILES string of the molecule is Cc1ccc(F)c(OCC(=O)c2ccc3c(c2)N(CC(=O)N2CCC(C)CC2)C(=O)CO3)c1. The number of carbonyl (C=O) groups is 3. The Morgan fingerprint density at radius 3 is 2.67 bits per heavy atom. The standard InChI is InChI=1S/C25H27FN2O5/c1-16-7-9-27(10-8-16)24(30)13-28-20-12-18(4-6-22(20)33-15-25(28)31)21(29)14-32-23-11-17(2)3-5-19(23)26/h3-6,11-12,16H,7-10,13-15H2,1-2H3. The number of amides is 2. The van der Waals surface area contributed by atoms with Crippen molar-refractivity contribution in [1.82, 2.24) is 4.90 Å². The summed E-state index contributed by atoms with van der Waals surface area (Å²) in [6, 6.07) is 9.12. The Kier molecular flexibility index (Phi) is 6.62. The van der Waals surface area contributed by atoms with Gasteiger partial charge in [0.1, 0.15) is 12.3 Å². The number of carbonyl (C=O) groups excluding carboxylic acids is 3. The normalized spacial score (nSPS) is 16.3. The van der Waals surface area contributed by atoms with Crippen LogP contribution in [-0.4, -0.2) is 55.3 Å². The van der Waals surface area contributed by atoms with Crippen molar-refractivity contribution >= 4 is 23.3 Å². The van der Waals surface area contributed by atoms with Crippen LogP contribution >= 0.6 is 0 Å². The third-order valence-corrected chi connectivity index (χ3v) is 6.10. The van der Waals surface area contributed by atoms with E-state index in [2.05, 4.69) is 6.92 Å². The molecule has 0 bridgehead atoms. The second-order valence-corrected chi connectivity index (χ2v) is 8.66. The van der Waals surface area contributed by atoms with E-state index in [1.54, 1.807) is 30.0 Å². The van der Waals surface area contributed by atoms with Crippen molar-refractivity contribution < 1.29 is 28.2 Å². The van der Waals surface area contributed by atoms with Crippen LogP contribution in [0.4, 0.5) is 10.1 Å². The van der Waals surface area contributed by atoms with Gasteiger partial charge in [0, 0.05) is 18.7 Å². The van der Waals surface area contributed by atoms with E-state index < -0.39 is 5.82 Å². The molecule has 2 aromatic rings. The van der Waals surface area contributed by atoms with Gasteiger partial charge in [-0.05, 0) is 61.6 Å². The van der Waals surface area contributed by atoms with Gasteiger partial charge in [-0.25, -0.2) is 4.39 Å². The van der Waals surface area contributed by atoms with Crippen LogP contribution < -0.4 is 14.4 Å². The summed E-state index contributed by atoms with van der Waals surface area (Å²) in [6.07, 6.45) is 1.89. The van der Waals surface area contributed by atoms with Crippen molar-refractivity contribution in [1.29, 1.82) is 0 Å². The molecule has 1 fully saturated rings. The highest BCUT2D eigenvalue weighted by Crippen LogP contribution is 2.33. The van der Waals surface area contributed by atoms with E-state index in [0.29, 0.717) is 30.4 Å². The van der Waals surface area contributed by atoms with Gasteiger partial charge in [0.2, 0.25) is 5.91 Å². The highest BCUT2D eigenvalue weighted by Gasteiger charge is 2.30. The maximum Gasteiger partial charge on any atom is 0.265 e. The molecule has 2 aliphatic rings. The second-order valence-electron chi connectivity index (χ2n) is 8.66. The summed E-state index contributed by atoms with van der Waals surface area (Å²) in [4.78, 5) is 41.3. The fraction of sp³-hybridized carbons (Fsp3) is 0.400. The number of anilines is 1. The first-order valence-corrected chi connectivity index (χ1v) is 11.1. The predicted molar refractivity (Wildman–Crippen MR) is 120 cm³/mol. The van der Waals surface area contributed by atoms with Gasteiger partial charge in [-0.1, -0.05) is 13.0 Å². The van der Waals surface area contributed by atoms with Gasteiger partial charge in [0.05, 0.1) is 5.69 Å². The lowest BCUT2D eigenvalue weighted by molar-refractivity contribution is -0.133. The van der Waals surface area contributed by atoms with Gasteiger partial charge >= 0.3 is 0 Å². The lowest BCUT2D eigenvalue weighted by Crippen LogP contribution is -2.48. The molecule has 2 aliphatic heterocycles. The van der Waals surface area contributed by atoms with Gasteiger partial charge in [0.15, 0.2) is 30.6 Å². The van der Waals surface area contributed by atoms with Crippen molar-refractivity contribution in [3.8, 4) is 11.5 Å². The van der Waals surface area contributed by atoms with E-state index in [-0.39, 0.29) is 48.7 Å². The van der Waals surface area contributed by atoms with Gasteiger partial charge in [0.25, 0.3) is 5.91 Å². The number of ketones is 1. The molecule has 0 N–H and O–H groups in total. The topological polar surface area (TPSA) is 76.2 Å². The largest absolute Gasteiger partial charge is 0.482 e. The average Bonchev–Trinajstić information content (AvgIpc) is 2.81. The summed E-state index contributed by atoms with van der Waals surface area (Å²) >= 11 is 0. The number of piperidine rings is 1. The quantitative estimate of drug-likeness (QED) is 0.626. The lowest BCUT2D eigenvalue weighted by atomic mass is 9.99. The highest BCUT2D eigenvalue weighted by molar-refractivity contribution is 6.04. The van der Waals surface area contributed by atoms with Gasteiger partial charge in [-0.3, -0.25) is 19.3 Å². The minimum absolute atomic E-state index is 0.00268. The number of aryl methyl sites for hydroxylation is 1. The van der Waals surface area contributed by atoms with Gasteiger partial charge in [-0.15, -0.1) is 0 Å². The molecular formula is C25H27FN2O5. The smallest absolute Gasteiger partial charge is 0.265 e. The number of hydrogen-bond acceptors (Lipinski definition) is 5. The van der Waals surface area contributed by atoms with Crippen LogP contribution in [0, 0.1) is 18.7 Å². The molecule has 2 aromatic carbocycles. The number of fused-ring (bicyclic) bond motifs is 1. The fourth-order valence-electron chi connectivity index (χ4n) is 3.99. The fourth-order valence-corrected chi connectivity index (χ4v) is 3.99. The molecule has 2 heterocycles. The van der Waals surface area contributed by atoms with E-state index in [1.807, 2.05) is 0 Å². The van der Waals surface area contributed by atoms with Gasteiger partial charge in [-0.2, -0.15) is 0 Å². The van der Waals surface area contributed by atoms with E-state index in [1.165, 1.54) is 23.1 Å². The van der Waals surface area contributed by atoms with Crippen LogP contribution in [0.1, 0.15) is 35.7 Å². The number of ether oxygens (including phenoxy) is 2. The molecule has 0 unspecified atom stereocenters. The number of Topliss-reactive ketones (excluding diaryl/α,β-unsaturated/α-hetero) is 1. The molecule has 0 aromatic heterocycles. The van der Waals surface area contributed by atoms with E-state index >= 15 is 0 Å². The third-order valence-electron chi connectivity index (χ3n) is 6.10. The summed E-state index contributed by atoms with van der Waals surface area (Å²) in [5.74, 6) is -0.381. The summed E-state index contributed by atoms with van der Waals surface area (Å²) in [5, 5.41) is 0. The first-order valence-electron chi connectivity index (χ1n) is 11.1. The predicted octanol–water partition coefficient (Wildman–Crippen LogP) is 3.38. The maximum atomic E-state index is 13.9.